The van der Waals surface area contributed by atoms with Crippen molar-refractivity contribution in [3.05, 3.63) is 54.1 Å². The number of nitrogen functional groups attached to an aromatic ring is 1. The van der Waals surface area contributed by atoms with Crippen molar-refractivity contribution >= 4 is 11.6 Å². The Morgan fingerprint density at radius 3 is 2.68 bits per heavy atom. The molecular formula is C14H16N4O. The molecule has 0 saturated heterocycles. The van der Waals surface area contributed by atoms with E-state index in [1.807, 2.05) is 24.3 Å². The number of amides is 1. The highest BCUT2D eigenvalue weighted by molar-refractivity contribution is 5.76. The maximum absolute atomic E-state index is 11.7. The summed E-state index contributed by atoms with van der Waals surface area (Å²) >= 11 is 0. The number of hydrogen-bond donors (Lipinski definition) is 2. The first kappa shape index (κ1) is 13.0. The standard InChI is InChI=1S/C14H16N4O/c15-12-4-1-11(2-5-12)3-6-14(19)17-9-13-7-8-16-10-18-13/h1-2,4-5,7-8,10H,3,6,9,15H2,(H,17,19). The van der Waals surface area contributed by atoms with E-state index in [1.165, 1.54) is 6.33 Å². The van der Waals surface area contributed by atoms with Crippen molar-refractivity contribution in [1.29, 1.82) is 0 Å². The van der Waals surface area contributed by atoms with Crippen LogP contribution in [0.2, 0.25) is 0 Å². The van der Waals surface area contributed by atoms with Gasteiger partial charge in [0.1, 0.15) is 6.33 Å². The summed E-state index contributed by atoms with van der Waals surface area (Å²) in [6, 6.07) is 9.34. The minimum absolute atomic E-state index is 0.00966. The molecule has 0 radical (unpaired) electrons. The number of anilines is 1. The Morgan fingerprint density at radius 1 is 1.21 bits per heavy atom. The van der Waals surface area contributed by atoms with Gasteiger partial charge in [0.2, 0.25) is 5.91 Å². The molecule has 0 bridgehead atoms. The van der Waals surface area contributed by atoms with Crippen molar-refractivity contribution in [2.45, 2.75) is 19.4 Å². The monoisotopic (exact) mass is 256 g/mol. The minimum Gasteiger partial charge on any atom is -0.399 e. The van der Waals surface area contributed by atoms with E-state index in [4.69, 9.17) is 5.73 Å². The summed E-state index contributed by atoms with van der Waals surface area (Å²) in [7, 11) is 0. The average Bonchev–Trinajstić information content (AvgIpc) is 2.45. The third-order valence-electron chi connectivity index (χ3n) is 2.73. The number of hydrogen-bond acceptors (Lipinski definition) is 4. The topological polar surface area (TPSA) is 80.9 Å². The van der Waals surface area contributed by atoms with Crippen LogP contribution >= 0.6 is 0 Å². The molecule has 1 aromatic carbocycles. The third kappa shape index (κ3) is 4.39. The lowest BCUT2D eigenvalue weighted by atomic mass is 10.1. The van der Waals surface area contributed by atoms with Gasteiger partial charge in [-0.3, -0.25) is 4.79 Å². The first-order valence-corrected chi connectivity index (χ1v) is 6.10. The molecular weight excluding hydrogens is 240 g/mol. The van der Waals surface area contributed by atoms with Crippen molar-refractivity contribution in [2.75, 3.05) is 5.73 Å². The van der Waals surface area contributed by atoms with Crippen LogP contribution in [0, 0.1) is 0 Å². The number of carbonyl (C=O) groups is 1. The quantitative estimate of drug-likeness (QED) is 0.790. The molecule has 3 N–H and O–H groups in total. The van der Waals surface area contributed by atoms with Gasteiger partial charge in [0.15, 0.2) is 0 Å². The van der Waals surface area contributed by atoms with E-state index in [9.17, 15) is 4.79 Å². The molecule has 19 heavy (non-hydrogen) atoms. The summed E-state index contributed by atoms with van der Waals surface area (Å²) in [6.07, 6.45) is 4.28. The van der Waals surface area contributed by atoms with Crippen LogP contribution in [0.4, 0.5) is 5.69 Å². The Hall–Kier alpha value is -2.43. The fourth-order valence-electron chi connectivity index (χ4n) is 1.64. The molecule has 0 aliphatic carbocycles. The number of nitrogens with zero attached hydrogens (tertiary/aromatic N) is 2. The SMILES string of the molecule is Nc1ccc(CCC(=O)NCc2ccncn2)cc1. The van der Waals surface area contributed by atoms with Gasteiger partial charge in [-0.05, 0) is 30.2 Å². The normalized spacial score (nSPS) is 10.1. The number of aromatic nitrogens is 2. The lowest BCUT2D eigenvalue weighted by Crippen LogP contribution is -2.23. The van der Waals surface area contributed by atoms with Crippen molar-refractivity contribution < 1.29 is 4.79 Å². The molecule has 2 aromatic rings. The number of rotatable bonds is 5. The van der Waals surface area contributed by atoms with Crippen LogP contribution in [0.15, 0.2) is 42.9 Å². The predicted octanol–water partition coefficient (Wildman–Crippen LogP) is 1.31. The van der Waals surface area contributed by atoms with Crippen molar-refractivity contribution in [3.8, 4) is 0 Å². The van der Waals surface area contributed by atoms with Crippen molar-refractivity contribution in [3.63, 3.8) is 0 Å². The predicted molar refractivity (Wildman–Crippen MR) is 73.1 cm³/mol. The molecule has 2 rings (SSSR count). The number of aryl methyl sites for hydroxylation is 1. The van der Waals surface area contributed by atoms with E-state index in [-0.39, 0.29) is 5.91 Å². The molecule has 0 fully saturated rings. The molecule has 0 spiro atoms. The Kier molecular flexibility index (Phi) is 4.44. The second-order valence-corrected chi connectivity index (χ2v) is 4.22. The maximum Gasteiger partial charge on any atom is 0.220 e. The van der Waals surface area contributed by atoms with Gasteiger partial charge < -0.3 is 11.1 Å². The van der Waals surface area contributed by atoms with Crippen LogP contribution in [0.1, 0.15) is 17.7 Å². The minimum atomic E-state index is 0.00966. The zero-order valence-electron chi connectivity index (χ0n) is 10.5. The molecule has 0 unspecified atom stereocenters. The van der Waals surface area contributed by atoms with Gasteiger partial charge in [-0.15, -0.1) is 0 Å². The zero-order valence-corrected chi connectivity index (χ0v) is 10.5. The molecule has 5 heteroatoms. The maximum atomic E-state index is 11.7. The van der Waals surface area contributed by atoms with Gasteiger partial charge in [-0.25, -0.2) is 9.97 Å². The molecule has 0 saturated carbocycles. The third-order valence-corrected chi connectivity index (χ3v) is 2.73. The van der Waals surface area contributed by atoms with Crippen molar-refractivity contribution in [2.24, 2.45) is 0 Å². The van der Waals surface area contributed by atoms with Crippen LogP contribution in [-0.4, -0.2) is 15.9 Å². The number of carbonyl (C=O) groups excluding carboxylic acids is 1. The van der Waals surface area contributed by atoms with Crippen LogP contribution in [0.3, 0.4) is 0 Å². The molecule has 0 atom stereocenters. The van der Waals surface area contributed by atoms with Gasteiger partial charge in [-0.1, -0.05) is 12.1 Å². The Balaban J connectivity index is 1.74. The van der Waals surface area contributed by atoms with E-state index in [0.717, 1.165) is 16.9 Å². The molecule has 1 aromatic heterocycles. The second kappa shape index (κ2) is 6.49. The van der Waals surface area contributed by atoms with E-state index < -0.39 is 0 Å². The van der Waals surface area contributed by atoms with Crippen LogP contribution in [-0.2, 0) is 17.8 Å². The molecule has 1 amide bonds. The summed E-state index contributed by atoms with van der Waals surface area (Å²) < 4.78 is 0. The Morgan fingerprint density at radius 2 is 2.00 bits per heavy atom. The molecule has 1 heterocycles. The van der Waals surface area contributed by atoms with Gasteiger partial charge in [0, 0.05) is 18.3 Å². The average molecular weight is 256 g/mol. The first-order chi connectivity index (χ1) is 9.24. The summed E-state index contributed by atoms with van der Waals surface area (Å²) in [5.41, 5.74) is 8.24. The molecule has 98 valence electrons. The fourth-order valence-corrected chi connectivity index (χ4v) is 1.64. The highest BCUT2D eigenvalue weighted by atomic mass is 16.1. The highest BCUT2D eigenvalue weighted by Crippen LogP contribution is 2.07. The molecule has 0 aliphatic rings. The summed E-state index contributed by atoms with van der Waals surface area (Å²) in [4.78, 5) is 19.5. The van der Waals surface area contributed by atoms with Gasteiger partial charge in [0.05, 0.1) is 12.2 Å². The van der Waals surface area contributed by atoms with E-state index in [0.29, 0.717) is 19.4 Å². The van der Waals surface area contributed by atoms with Crippen LogP contribution in [0.25, 0.3) is 0 Å². The fraction of sp³-hybridized carbons (Fsp3) is 0.214. The molecule has 5 nitrogen and oxygen atoms in total. The smallest absolute Gasteiger partial charge is 0.220 e. The highest BCUT2D eigenvalue weighted by Gasteiger charge is 2.02. The van der Waals surface area contributed by atoms with Crippen molar-refractivity contribution in [1.82, 2.24) is 15.3 Å². The Labute approximate surface area is 111 Å². The largest absolute Gasteiger partial charge is 0.399 e. The second-order valence-electron chi connectivity index (χ2n) is 4.22. The van der Waals surface area contributed by atoms with Crippen LogP contribution in [0.5, 0.6) is 0 Å². The summed E-state index contributed by atoms with van der Waals surface area (Å²) in [6.45, 7) is 0.434. The van der Waals surface area contributed by atoms with Gasteiger partial charge >= 0.3 is 0 Å². The zero-order chi connectivity index (χ0) is 13.5. The lowest BCUT2D eigenvalue weighted by molar-refractivity contribution is -0.121. The Bertz CT molecular complexity index is 525. The molecule has 0 aliphatic heterocycles. The summed E-state index contributed by atoms with van der Waals surface area (Å²) in [5, 5.41) is 2.83. The van der Waals surface area contributed by atoms with E-state index >= 15 is 0 Å². The first-order valence-electron chi connectivity index (χ1n) is 6.10. The number of nitrogens with two attached hydrogens (primary N) is 1. The van der Waals surface area contributed by atoms with Crippen LogP contribution < -0.4 is 11.1 Å². The summed E-state index contributed by atoms with van der Waals surface area (Å²) in [5.74, 6) is 0.00966. The van der Waals surface area contributed by atoms with Gasteiger partial charge in [-0.2, -0.15) is 0 Å². The van der Waals surface area contributed by atoms with E-state index in [2.05, 4.69) is 15.3 Å². The lowest BCUT2D eigenvalue weighted by Gasteiger charge is -2.05. The van der Waals surface area contributed by atoms with E-state index in [1.54, 1.807) is 12.3 Å². The van der Waals surface area contributed by atoms with Gasteiger partial charge in [0.25, 0.3) is 0 Å². The number of nitrogens with one attached hydrogen (secondary N) is 1. The number of benzene rings is 1.